The van der Waals surface area contributed by atoms with Gasteiger partial charge in [-0.25, -0.2) is 9.37 Å². The first-order valence-electron chi connectivity index (χ1n) is 7.07. The molecule has 2 heterocycles. The fourth-order valence-electron chi connectivity index (χ4n) is 2.27. The number of hydrogen-bond donors (Lipinski definition) is 0. The lowest BCUT2D eigenvalue weighted by Crippen LogP contribution is -2.56. The molecule has 0 aliphatic carbocycles. The van der Waals surface area contributed by atoms with E-state index in [-0.39, 0.29) is 36.5 Å². The quantitative estimate of drug-likeness (QED) is 0.806. The minimum absolute atomic E-state index is 0.0610. The molecule has 0 unspecified atom stereocenters. The summed E-state index contributed by atoms with van der Waals surface area (Å²) in [5.41, 5.74) is -0.618. The van der Waals surface area contributed by atoms with Crippen LogP contribution in [0.3, 0.4) is 0 Å². The van der Waals surface area contributed by atoms with Crippen LogP contribution in [0.15, 0.2) is 42.6 Å². The summed E-state index contributed by atoms with van der Waals surface area (Å²) in [7, 11) is 0. The summed E-state index contributed by atoms with van der Waals surface area (Å²) in [5, 5.41) is 0. The smallest absolute Gasteiger partial charge is 0.417 e. The molecular formula is C16H12F4N2O2. The van der Waals surface area contributed by atoms with Crippen LogP contribution in [-0.4, -0.2) is 35.0 Å². The molecule has 0 saturated carbocycles. The van der Waals surface area contributed by atoms with Gasteiger partial charge in [0.2, 0.25) is 5.88 Å². The molecule has 0 radical (unpaired) electrons. The van der Waals surface area contributed by atoms with E-state index in [0.29, 0.717) is 6.20 Å². The highest BCUT2D eigenvalue weighted by atomic mass is 19.4. The SMILES string of the molecule is O=C(c1cccc(F)c1)N1CC(Oc2ccc(C(F)(F)F)cn2)C1. The van der Waals surface area contributed by atoms with Gasteiger partial charge in [-0.05, 0) is 24.3 Å². The molecule has 1 fully saturated rings. The maximum Gasteiger partial charge on any atom is 0.417 e. The maximum absolute atomic E-state index is 13.1. The highest BCUT2D eigenvalue weighted by molar-refractivity contribution is 5.94. The minimum Gasteiger partial charge on any atom is -0.471 e. The zero-order valence-electron chi connectivity index (χ0n) is 12.3. The average molecular weight is 340 g/mol. The Morgan fingerprint density at radius 2 is 1.96 bits per heavy atom. The van der Waals surface area contributed by atoms with Crippen LogP contribution >= 0.6 is 0 Å². The number of alkyl halides is 3. The summed E-state index contributed by atoms with van der Waals surface area (Å²) >= 11 is 0. The Kier molecular flexibility index (Phi) is 4.13. The number of nitrogens with zero attached hydrogens (tertiary/aromatic N) is 2. The molecule has 1 aromatic heterocycles. The van der Waals surface area contributed by atoms with Crippen molar-refractivity contribution in [1.29, 1.82) is 0 Å². The fourth-order valence-corrected chi connectivity index (χ4v) is 2.27. The van der Waals surface area contributed by atoms with Crippen LogP contribution in [0, 0.1) is 5.82 Å². The average Bonchev–Trinajstić information content (AvgIpc) is 2.49. The molecule has 3 rings (SSSR count). The topological polar surface area (TPSA) is 42.4 Å². The lowest BCUT2D eigenvalue weighted by molar-refractivity contribution is -0.137. The van der Waals surface area contributed by atoms with Crippen molar-refractivity contribution < 1.29 is 27.1 Å². The van der Waals surface area contributed by atoms with Crippen molar-refractivity contribution in [2.45, 2.75) is 12.3 Å². The van der Waals surface area contributed by atoms with Gasteiger partial charge >= 0.3 is 6.18 Å². The van der Waals surface area contributed by atoms with E-state index in [2.05, 4.69) is 4.98 Å². The van der Waals surface area contributed by atoms with Crippen LogP contribution in [0.25, 0.3) is 0 Å². The summed E-state index contributed by atoms with van der Waals surface area (Å²) in [4.78, 5) is 17.2. The van der Waals surface area contributed by atoms with Crippen molar-refractivity contribution >= 4 is 5.91 Å². The first kappa shape index (κ1) is 16.2. The third kappa shape index (κ3) is 3.47. The van der Waals surface area contributed by atoms with E-state index in [1.807, 2.05) is 0 Å². The largest absolute Gasteiger partial charge is 0.471 e. The number of likely N-dealkylation sites (tertiary alicyclic amines) is 1. The summed E-state index contributed by atoms with van der Waals surface area (Å²) < 4.78 is 55.8. The van der Waals surface area contributed by atoms with E-state index >= 15 is 0 Å². The number of aromatic nitrogens is 1. The number of amides is 1. The molecule has 1 aliphatic heterocycles. The number of rotatable bonds is 3. The summed E-state index contributed by atoms with van der Waals surface area (Å²) in [6, 6.07) is 7.37. The molecule has 1 aromatic carbocycles. The molecule has 0 N–H and O–H groups in total. The molecule has 0 atom stereocenters. The highest BCUT2D eigenvalue weighted by Gasteiger charge is 2.34. The van der Waals surface area contributed by atoms with Gasteiger partial charge in [-0.2, -0.15) is 13.2 Å². The van der Waals surface area contributed by atoms with Gasteiger partial charge in [-0.15, -0.1) is 0 Å². The normalized spacial score (nSPS) is 15.1. The van der Waals surface area contributed by atoms with E-state index in [0.717, 1.165) is 18.2 Å². The van der Waals surface area contributed by atoms with Crippen LogP contribution in [0.5, 0.6) is 5.88 Å². The van der Waals surface area contributed by atoms with Gasteiger partial charge in [0.15, 0.2) is 0 Å². The van der Waals surface area contributed by atoms with Crippen LogP contribution in [0.2, 0.25) is 0 Å². The molecule has 4 nitrogen and oxygen atoms in total. The maximum atomic E-state index is 13.1. The van der Waals surface area contributed by atoms with E-state index in [1.165, 1.54) is 23.1 Å². The Morgan fingerprint density at radius 1 is 1.21 bits per heavy atom. The van der Waals surface area contributed by atoms with Gasteiger partial charge in [0.1, 0.15) is 11.9 Å². The van der Waals surface area contributed by atoms with Crippen molar-refractivity contribution in [2.75, 3.05) is 13.1 Å². The van der Waals surface area contributed by atoms with Crippen molar-refractivity contribution in [1.82, 2.24) is 9.88 Å². The Labute approximate surface area is 134 Å². The second-order valence-corrected chi connectivity index (χ2v) is 5.34. The number of benzene rings is 1. The summed E-state index contributed by atoms with van der Waals surface area (Å²) in [5.74, 6) is -0.760. The van der Waals surface area contributed by atoms with Crippen molar-refractivity contribution in [3.05, 3.63) is 59.5 Å². The lowest BCUT2D eigenvalue weighted by atomic mass is 10.1. The first-order chi connectivity index (χ1) is 11.3. The molecule has 0 bridgehead atoms. The Balaban J connectivity index is 1.54. The van der Waals surface area contributed by atoms with E-state index in [9.17, 15) is 22.4 Å². The van der Waals surface area contributed by atoms with Crippen molar-refractivity contribution in [3.63, 3.8) is 0 Å². The second-order valence-electron chi connectivity index (χ2n) is 5.34. The van der Waals surface area contributed by atoms with Gasteiger partial charge in [-0.3, -0.25) is 4.79 Å². The number of carbonyl (C=O) groups excluding carboxylic acids is 1. The fraction of sp³-hybridized carbons (Fsp3) is 0.250. The van der Waals surface area contributed by atoms with Crippen LogP contribution in [-0.2, 0) is 6.18 Å². The van der Waals surface area contributed by atoms with E-state index in [1.54, 1.807) is 0 Å². The molecule has 24 heavy (non-hydrogen) atoms. The molecule has 126 valence electrons. The van der Waals surface area contributed by atoms with Crippen molar-refractivity contribution in [2.24, 2.45) is 0 Å². The zero-order chi connectivity index (χ0) is 17.3. The number of halogens is 4. The molecule has 2 aromatic rings. The Hall–Kier alpha value is -2.64. The van der Waals surface area contributed by atoms with Gasteiger partial charge in [0, 0.05) is 17.8 Å². The third-order valence-corrected chi connectivity index (χ3v) is 3.56. The summed E-state index contributed by atoms with van der Waals surface area (Å²) in [6.07, 6.45) is -4.11. The first-order valence-corrected chi connectivity index (χ1v) is 7.07. The van der Waals surface area contributed by atoms with Gasteiger partial charge in [0.05, 0.1) is 18.7 Å². The Morgan fingerprint density at radius 3 is 2.54 bits per heavy atom. The molecule has 0 spiro atoms. The van der Waals surface area contributed by atoms with Gasteiger partial charge in [-0.1, -0.05) is 6.07 Å². The van der Waals surface area contributed by atoms with Crippen molar-refractivity contribution in [3.8, 4) is 5.88 Å². The number of hydrogen-bond acceptors (Lipinski definition) is 3. The Bertz CT molecular complexity index is 740. The zero-order valence-corrected chi connectivity index (χ0v) is 12.3. The molecular weight excluding hydrogens is 328 g/mol. The van der Waals surface area contributed by atoms with Crippen LogP contribution < -0.4 is 4.74 Å². The summed E-state index contributed by atoms with van der Waals surface area (Å²) in [6.45, 7) is 0.524. The second kappa shape index (κ2) is 6.10. The standard InChI is InChI=1S/C16H12F4N2O2/c17-12-3-1-2-10(6-12)15(23)22-8-13(9-22)24-14-5-4-11(7-21-14)16(18,19)20/h1-7,13H,8-9H2. The number of pyridine rings is 1. The highest BCUT2D eigenvalue weighted by Crippen LogP contribution is 2.29. The third-order valence-electron chi connectivity index (χ3n) is 3.56. The lowest BCUT2D eigenvalue weighted by Gasteiger charge is -2.38. The van der Waals surface area contributed by atoms with Gasteiger partial charge < -0.3 is 9.64 Å². The van der Waals surface area contributed by atoms with Crippen LogP contribution in [0.4, 0.5) is 17.6 Å². The minimum atomic E-state index is -4.45. The predicted octanol–water partition coefficient (Wildman–Crippen LogP) is 3.14. The monoisotopic (exact) mass is 340 g/mol. The number of ether oxygens (including phenoxy) is 1. The molecule has 1 amide bonds. The van der Waals surface area contributed by atoms with Crippen LogP contribution in [0.1, 0.15) is 15.9 Å². The molecule has 1 aliphatic rings. The molecule has 8 heteroatoms. The van der Waals surface area contributed by atoms with E-state index in [4.69, 9.17) is 4.74 Å². The predicted molar refractivity (Wildman–Crippen MR) is 76.0 cm³/mol. The number of carbonyl (C=O) groups is 1. The van der Waals surface area contributed by atoms with Gasteiger partial charge in [0.25, 0.3) is 5.91 Å². The molecule has 1 saturated heterocycles. The van der Waals surface area contributed by atoms with E-state index < -0.39 is 17.6 Å².